The minimum atomic E-state index is -5.12. The van der Waals surface area contributed by atoms with Crippen molar-refractivity contribution in [3.63, 3.8) is 0 Å². The summed E-state index contributed by atoms with van der Waals surface area (Å²) < 4.78 is 87.8. The number of hydrogen-bond acceptors (Lipinski definition) is 4. The summed E-state index contributed by atoms with van der Waals surface area (Å²) in [5.41, 5.74) is 0.0588. The molecule has 47 heavy (non-hydrogen) atoms. The normalized spacial score (nSPS) is 23.6. The standard InChI is InChI=1S/C36H33F6NO4/c1-3-19(13-21-10-11-29(44)26-8-6-5-7-25(21)26)9-12-30-31-20(4-2)14-27-32(28(31)18-47-30)34(46)43(33(27)45)24-16-22(35(37,38)39)15-23(17-24)36(40,41)42/h5-8,10-11,13,15-17,27-28,30,32,44H,3-4,9,12,14,18H2,1-2H3/b19-13+/t27-,28+,30-,32-/m1/s1. The lowest BCUT2D eigenvalue weighted by atomic mass is 9.69. The van der Waals surface area contributed by atoms with Crippen LogP contribution in [-0.4, -0.2) is 29.6 Å². The Hall–Kier alpha value is -4.12. The van der Waals surface area contributed by atoms with Crippen molar-refractivity contribution in [2.24, 2.45) is 17.8 Å². The van der Waals surface area contributed by atoms with Gasteiger partial charge in [-0.2, -0.15) is 26.3 Å². The molecule has 0 radical (unpaired) electrons. The highest BCUT2D eigenvalue weighted by molar-refractivity contribution is 6.22. The summed E-state index contributed by atoms with van der Waals surface area (Å²) in [7, 11) is 0. The molecule has 3 aliphatic rings. The molecule has 2 amide bonds. The third-order valence-electron chi connectivity index (χ3n) is 9.74. The van der Waals surface area contributed by atoms with Crippen molar-refractivity contribution < 1.29 is 45.8 Å². The predicted octanol–water partition coefficient (Wildman–Crippen LogP) is 9.09. The van der Waals surface area contributed by atoms with Gasteiger partial charge in [-0.05, 0) is 72.9 Å². The van der Waals surface area contributed by atoms with Crippen molar-refractivity contribution in [3.8, 4) is 5.75 Å². The van der Waals surface area contributed by atoms with Gasteiger partial charge in [-0.3, -0.25) is 9.59 Å². The number of allylic oxidation sites excluding steroid dienone is 2. The van der Waals surface area contributed by atoms with E-state index in [0.717, 1.165) is 39.5 Å². The summed E-state index contributed by atoms with van der Waals surface area (Å²) in [6.07, 6.45) is -5.71. The molecule has 3 aromatic carbocycles. The number of fused-ring (bicyclic) bond motifs is 4. The maximum Gasteiger partial charge on any atom is 0.416 e. The lowest BCUT2D eigenvalue weighted by Gasteiger charge is -2.31. The topological polar surface area (TPSA) is 66.8 Å². The highest BCUT2D eigenvalue weighted by atomic mass is 19.4. The zero-order valence-corrected chi connectivity index (χ0v) is 25.7. The summed E-state index contributed by atoms with van der Waals surface area (Å²) >= 11 is 0. The van der Waals surface area contributed by atoms with Crippen molar-refractivity contribution >= 4 is 34.4 Å². The van der Waals surface area contributed by atoms with E-state index < -0.39 is 58.7 Å². The number of phenolic OH excluding ortho intramolecular Hbond substituents is 1. The molecule has 0 bridgehead atoms. The molecule has 5 nitrogen and oxygen atoms in total. The number of benzene rings is 3. The molecule has 1 N–H and O–H groups in total. The van der Waals surface area contributed by atoms with Gasteiger partial charge in [0.25, 0.3) is 0 Å². The number of amides is 2. The summed E-state index contributed by atoms with van der Waals surface area (Å²) in [6, 6.07) is 11.9. The molecule has 2 saturated heterocycles. The Morgan fingerprint density at radius 1 is 0.915 bits per heavy atom. The summed E-state index contributed by atoms with van der Waals surface area (Å²) in [4.78, 5) is 27.9. The fraction of sp³-hybridized carbons (Fsp3) is 0.389. The molecular formula is C36H33F6NO4. The molecule has 0 saturated carbocycles. The highest BCUT2D eigenvalue weighted by Gasteiger charge is 2.57. The number of aromatic hydroxyl groups is 1. The number of anilines is 1. The van der Waals surface area contributed by atoms with E-state index in [-0.39, 0.29) is 30.9 Å². The molecule has 248 valence electrons. The van der Waals surface area contributed by atoms with E-state index in [2.05, 4.69) is 6.08 Å². The third kappa shape index (κ3) is 5.94. The molecule has 6 rings (SSSR count). The minimum absolute atomic E-state index is 0.0189. The summed E-state index contributed by atoms with van der Waals surface area (Å²) in [5, 5.41) is 11.9. The predicted molar refractivity (Wildman–Crippen MR) is 164 cm³/mol. The lowest BCUT2D eigenvalue weighted by molar-refractivity contribution is -0.143. The van der Waals surface area contributed by atoms with Gasteiger partial charge in [0.15, 0.2) is 0 Å². The Morgan fingerprint density at radius 2 is 1.57 bits per heavy atom. The molecule has 0 unspecified atom stereocenters. The molecule has 1 aliphatic carbocycles. The van der Waals surface area contributed by atoms with Gasteiger partial charge in [-0.1, -0.05) is 61.4 Å². The van der Waals surface area contributed by atoms with Crippen LogP contribution in [0.3, 0.4) is 0 Å². The van der Waals surface area contributed by atoms with E-state index in [1.54, 1.807) is 6.07 Å². The van der Waals surface area contributed by atoms with Crippen LogP contribution in [0.4, 0.5) is 32.0 Å². The highest BCUT2D eigenvalue weighted by Crippen LogP contribution is 2.52. The number of phenols is 1. The number of carbonyl (C=O) groups excluding carboxylic acids is 2. The quantitative estimate of drug-likeness (QED) is 0.156. The second-order valence-electron chi connectivity index (χ2n) is 12.4. The van der Waals surface area contributed by atoms with Crippen molar-refractivity contribution in [3.05, 3.63) is 88.0 Å². The van der Waals surface area contributed by atoms with E-state index in [9.17, 15) is 41.0 Å². The Balaban J connectivity index is 1.27. The van der Waals surface area contributed by atoms with E-state index in [1.165, 1.54) is 0 Å². The Bertz CT molecular complexity index is 1770. The average Bonchev–Trinajstić information content (AvgIpc) is 3.56. The second-order valence-corrected chi connectivity index (χ2v) is 12.4. The number of imide groups is 1. The fourth-order valence-electron chi connectivity index (χ4n) is 7.45. The number of rotatable bonds is 7. The maximum atomic E-state index is 13.8. The Kier molecular flexibility index (Phi) is 8.48. The van der Waals surface area contributed by atoms with E-state index in [1.807, 2.05) is 44.2 Å². The van der Waals surface area contributed by atoms with Gasteiger partial charge in [0.1, 0.15) is 5.75 Å². The number of halogens is 6. The van der Waals surface area contributed by atoms with Crippen LogP contribution in [0.1, 0.15) is 62.6 Å². The molecule has 2 fully saturated rings. The van der Waals surface area contributed by atoms with Crippen LogP contribution in [0.2, 0.25) is 0 Å². The molecule has 2 aliphatic heterocycles. The van der Waals surface area contributed by atoms with Crippen molar-refractivity contribution in [1.82, 2.24) is 0 Å². The molecule has 2 heterocycles. The maximum absolute atomic E-state index is 13.8. The molecule has 0 aromatic heterocycles. The Morgan fingerprint density at radius 3 is 2.19 bits per heavy atom. The van der Waals surface area contributed by atoms with Gasteiger partial charge in [0.05, 0.1) is 41.4 Å². The van der Waals surface area contributed by atoms with Crippen LogP contribution in [0, 0.1) is 17.8 Å². The van der Waals surface area contributed by atoms with Crippen LogP contribution in [0.25, 0.3) is 16.8 Å². The number of alkyl halides is 6. The average molecular weight is 658 g/mol. The number of hydrogen-bond donors (Lipinski definition) is 1. The molecular weight excluding hydrogens is 624 g/mol. The largest absolute Gasteiger partial charge is 0.507 e. The molecule has 4 atom stereocenters. The van der Waals surface area contributed by atoms with Gasteiger partial charge < -0.3 is 9.84 Å². The molecule has 0 spiro atoms. The molecule has 11 heteroatoms. The number of ether oxygens (including phenoxy) is 1. The van der Waals surface area contributed by atoms with Crippen LogP contribution < -0.4 is 4.90 Å². The third-order valence-corrected chi connectivity index (χ3v) is 9.74. The molecule has 3 aromatic rings. The monoisotopic (exact) mass is 657 g/mol. The zero-order valence-electron chi connectivity index (χ0n) is 25.7. The smallest absolute Gasteiger partial charge is 0.416 e. The van der Waals surface area contributed by atoms with Gasteiger partial charge in [0, 0.05) is 11.3 Å². The fourth-order valence-corrected chi connectivity index (χ4v) is 7.45. The summed E-state index contributed by atoms with van der Waals surface area (Å²) in [5.74, 6) is -3.74. The Labute approximate surface area is 267 Å². The van der Waals surface area contributed by atoms with E-state index >= 15 is 0 Å². The van der Waals surface area contributed by atoms with Crippen LogP contribution in [-0.2, 0) is 26.7 Å². The van der Waals surface area contributed by atoms with E-state index in [0.29, 0.717) is 36.3 Å². The van der Waals surface area contributed by atoms with Crippen LogP contribution in [0.5, 0.6) is 5.75 Å². The first-order valence-electron chi connectivity index (χ1n) is 15.6. The number of nitrogens with zero attached hydrogens (tertiary/aromatic N) is 1. The van der Waals surface area contributed by atoms with Crippen LogP contribution >= 0.6 is 0 Å². The van der Waals surface area contributed by atoms with Gasteiger partial charge >= 0.3 is 12.4 Å². The van der Waals surface area contributed by atoms with Crippen molar-refractivity contribution in [1.29, 1.82) is 0 Å². The number of carbonyl (C=O) groups is 2. The van der Waals surface area contributed by atoms with Gasteiger partial charge in [-0.15, -0.1) is 0 Å². The van der Waals surface area contributed by atoms with Crippen molar-refractivity contribution in [2.75, 3.05) is 11.5 Å². The van der Waals surface area contributed by atoms with Gasteiger partial charge in [-0.25, -0.2) is 4.90 Å². The van der Waals surface area contributed by atoms with Crippen molar-refractivity contribution in [2.45, 2.75) is 64.4 Å². The van der Waals surface area contributed by atoms with Crippen LogP contribution in [0.15, 0.2) is 71.3 Å². The first kappa shape index (κ1) is 32.8. The first-order chi connectivity index (χ1) is 22.2. The first-order valence-corrected chi connectivity index (χ1v) is 15.6. The summed E-state index contributed by atoms with van der Waals surface area (Å²) in [6.45, 7) is 4.09. The zero-order chi connectivity index (χ0) is 33.8. The second kappa shape index (κ2) is 12.2. The van der Waals surface area contributed by atoms with E-state index in [4.69, 9.17) is 4.74 Å². The minimum Gasteiger partial charge on any atom is -0.507 e. The van der Waals surface area contributed by atoms with Gasteiger partial charge in [0.2, 0.25) is 11.8 Å². The SMILES string of the molecule is CCC1=C2[C@@H](CC/C(=C/c3ccc(O)c4ccccc34)CC)OC[C@@H]2[C@@H]2C(=O)N(c3cc(C(F)(F)F)cc(C(F)(F)F)c3)C(=O)[C@@H]2C1. The lowest BCUT2D eigenvalue weighted by Crippen LogP contribution is -2.34.